The number of piperazine rings is 1. The van der Waals surface area contributed by atoms with Crippen LogP contribution in [0, 0.1) is 6.92 Å². The summed E-state index contributed by atoms with van der Waals surface area (Å²) in [4.78, 5) is 14.3. The molecule has 1 fully saturated rings. The Morgan fingerprint density at radius 3 is 2.40 bits per heavy atom. The molecule has 0 saturated carbocycles. The third-order valence-corrected chi connectivity index (χ3v) is 6.99. The van der Waals surface area contributed by atoms with E-state index in [1.165, 1.54) is 9.87 Å². The van der Waals surface area contributed by atoms with Crippen LogP contribution in [0.3, 0.4) is 0 Å². The summed E-state index contributed by atoms with van der Waals surface area (Å²) in [5.41, 5.74) is 3.32. The second kappa shape index (κ2) is 9.95. The first-order valence-electron chi connectivity index (χ1n) is 10.1. The molecule has 0 aliphatic carbocycles. The standard InChI is InChI=1S/C22H29N3O4S/c1-18-4-3-5-20(16-18)24-12-14-25(15-13-24)30(27,28)17-22(26)23-11-10-19-6-8-21(29-2)9-7-19/h3-9,16H,10-15,17H2,1-2H3,(H,23,26). The number of amides is 1. The maximum absolute atomic E-state index is 12.6. The van der Waals surface area contributed by atoms with Gasteiger partial charge in [-0.05, 0) is 48.7 Å². The van der Waals surface area contributed by atoms with Crippen molar-refractivity contribution >= 4 is 21.6 Å². The van der Waals surface area contributed by atoms with Gasteiger partial charge in [0.05, 0.1) is 7.11 Å². The number of sulfonamides is 1. The third-order valence-electron chi connectivity index (χ3n) is 5.21. The van der Waals surface area contributed by atoms with Crippen molar-refractivity contribution in [3.63, 3.8) is 0 Å². The highest BCUT2D eigenvalue weighted by Crippen LogP contribution is 2.19. The fourth-order valence-corrected chi connectivity index (χ4v) is 4.83. The molecule has 0 unspecified atom stereocenters. The lowest BCUT2D eigenvalue weighted by atomic mass is 10.1. The van der Waals surface area contributed by atoms with Gasteiger partial charge in [0.15, 0.2) is 0 Å². The highest BCUT2D eigenvalue weighted by atomic mass is 32.2. The Labute approximate surface area is 178 Å². The summed E-state index contributed by atoms with van der Waals surface area (Å²) >= 11 is 0. The quantitative estimate of drug-likeness (QED) is 0.690. The molecule has 30 heavy (non-hydrogen) atoms. The number of ether oxygens (including phenoxy) is 1. The first-order chi connectivity index (χ1) is 14.4. The minimum atomic E-state index is -3.62. The number of rotatable bonds is 8. The number of nitrogens with zero attached hydrogens (tertiary/aromatic N) is 2. The number of anilines is 1. The van der Waals surface area contributed by atoms with Crippen molar-refractivity contribution in [3.05, 3.63) is 59.7 Å². The number of carbonyl (C=O) groups is 1. The van der Waals surface area contributed by atoms with Crippen LogP contribution in [0.5, 0.6) is 5.75 Å². The number of methoxy groups -OCH3 is 1. The van der Waals surface area contributed by atoms with E-state index in [0.29, 0.717) is 39.1 Å². The fraction of sp³-hybridized carbons (Fsp3) is 0.409. The van der Waals surface area contributed by atoms with Crippen LogP contribution >= 0.6 is 0 Å². The van der Waals surface area contributed by atoms with E-state index in [1.807, 2.05) is 49.4 Å². The molecule has 1 amide bonds. The number of aryl methyl sites for hydroxylation is 1. The zero-order valence-corrected chi connectivity index (χ0v) is 18.3. The van der Waals surface area contributed by atoms with E-state index in [0.717, 1.165) is 17.0 Å². The van der Waals surface area contributed by atoms with E-state index in [-0.39, 0.29) is 0 Å². The number of hydrogen-bond acceptors (Lipinski definition) is 5. The summed E-state index contributed by atoms with van der Waals surface area (Å²) in [6.07, 6.45) is 0.630. The molecule has 8 heteroatoms. The fourth-order valence-electron chi connectivity index (χ4n) is 3.50. The van der Waals surface area contributed by atoms with Crippen LogP contribution in [0.25, 0.3) is 0 Å². The number of benzene rings is 2. The number of hydrogen-bond donors (Lipinski definition) is 1. The van der Waals surface area contributed by atoms with Crippen molar-refractivity contribution in [1.29, 1.82) is 0 Å². The topological polar surface area (TPSA) is 78.9 Å². The van der Waals surface area contributed by atoms with Crippen LogP contribution in [0.4, 0.5) is 5.69 Å². The highest BCUT2D eigenvalue weighted by molar-refractivity contribution is 7.89. The summed E-state index contributed by atoms with van der Waals surface area (Å²) < 4.78 is 31.8. The van der Waals surface area contributed by atoms with Crippen molar-refractivity contribution in [1.82, 2.24) is 9.62 Å². The normalized spacial score (nSPS) is 15.1. The summed E-state index contributed by atoms with van der Waals surface area (Å²) in [5, 5.41) is 2.71. The van der Waals surface area contributed by atoms with E-state index in [2.05, 4.69) is 16.3 Å². The van der Waals surface area contributed by atoms with E-state index in [4.69, 9.17) is 4.74 Å². The van der Waals surface area contributed by atoms with Crippen molar-refractivity contribution in [2.45, 2.75) is 13.3 Å². The number of carbonyl (C=O) groups excluding carboxylic acids is 1. The molecule has 1 saturated heterocycles. The Kier molecular flexibility index (Phi) is 7.33. The molecule has 0 bridgehead atoms. The second-order valence-electron chi connectivity index (χ2n) is 7.43. The van der Waals surface area contributed by atoms with E-state index >= 15 is 0 Å². The maximum Gasteiger partial charge on any atom is 0.236 e. The summed E-state index contributed by atoms with van der Waals surface area (Å²) in [6, 6.07) is 15.7. The Balaban J connectivity index is 1.44. The molecule has 3 rings (SSSR count). The zero-order chi connectivity index (χ0) is 21.6. The zero-order valence-electron chi connectivity index (χ0n) is 17.5. The molecule has 162 valence electrons. The molecule has 0 atom stereocenters. The summed E-state index contributed by atoms with van der Waals surface area (Å²) in [7, 11) is -2.01. The molecular weight excluding hydrogens is 402 g/mol. The highest BCUT2D eigenvalue weighted by Gasteiger charge is 2.29. The Hall–Kier alpha value is -2.58. The third kappa shape index (κ3) is 5.96. The largest absolute Gasteiger partial charge is 0.497 e. The lowest BCUT2D eigenvalue weighted by Crippen LogP contribution is -2.50. The van der Waals surface area contributed by atoms with Gasteiger partial charge in [-0.1, -0.05) is 24.3 Å². The predicted molar refractivity (Wildman–Crippen MR) is 118 cm³/mol. The monoisotopic (exact) mass is 431 g/mol. The van der Waals surface area contributed by atoms with Gasteiger partial charge in [0, 0.05) is 38.4 Å². The first-order valence-corrected chi connectivity index (χ1v) is 11.7. The van der Waals surface area contributed by atoms with Crippen LogP contribution in [-0.4, -0.2) is 64.2 Å². The minimum absolute atomic E-state index is 0.384. The van der Waals surface area contributed by atoms with Gasteiger partial charge in [-0.15, -0.1) is 0 Å². The van der Waals surface area contributed by atoms with Crippen LogP contribution in [0.15, 0.2) is 48.5 Å². The van der Waals surface area contributed by atoms with Gasteiger partial charge < -0.3 is 15.0 Å². The van der Waals surface area contributed by atoms with Crippen molar-refractivity contribution in [3.8, 4) is 5.75 Å². The molecule has 0 radical (unpaired) electrons. The average molecular weight is 432 g/mol. The molecule has 2 aromatic rings. The van der Waals surface area contributed by atoms with Gasteiger partial charge in [0.1, 0.15) is 11.5 Å². The molecule has 1 aliphatic rings. The SMILES string of the molecule is COc1ccc(CCNC(=O)CS(=O)(=O)N2CCN(c3cccc(C)c3)CC2)cc1. The second-order valence-corrected chi connectivity index (χ2v) is 9.40. The molecule has 1 aliphatic heterocycles. The summed E-state index contributed by atoms with van der Waals surface area (Å²) in [5.74, 6) is -0.207. The van der Waals surface area contributed by atoms with E-state index in [9.17, 15) is 13.2 Å². The average Bonchev–Trinajstić information content (AvgIpc) is 2.74. The van der Waals surface area contributed by atoms with Crippen molar-refractivity contribution in [2.75, 3.05) is 50.5 Å². The first kappa shape index (κ1) is 22.1. The Bertz CT molecular complexity index is 953. The van der Waals surface area contributed by atoms with Gasteiger partial charge in [-0.25, -0.2) is 8.42 Å². The lowest BCUT2D eigenvalue weighted by molar-refractivity contribution is -0.118. The van der Waals surface area contributed by atoms with Gasteiger partial charge in [0.2, 0.25) is 15.9 Å². The Morgan fingerprint density at radius 1 is 1.07 bits per heavy atom. The van der Waals surface area contributed by atoms with Gasteiger partial charge in [-0.2, -0.15) is 4.31 Å². The molecule has 0 aromatic heterocycles. The predicted octanol–water partition coefficient (Wildman–Crippen LogP) is 1.81. The molecule has 2 aromatic carbocycles. The van der Waals surface area contributed by atoms with Crippen LogP contribution in [-0.2, 0) is 21.2 Å². The lowest BCUT2D eigenvalue weighted by Gasteiger charge is -2.35. The van der Waals surface area contributed by atoms with Crippen LogP contribution in [0.2, 0.25) is 0 Å². The molecular formula is C22H29N3O4S. The van der Waals surface area contributed by atoms with Crippen LogP contribution in [0.1, 0.15) is 11.1 Å². The van der Waals surface area contributed by atoms with Gasteiger partial charge >= 0.3 is 0 Å². The van der Waals surface area contributed by atoms with E-state index in [1.54, 1.807) is 7.11 Å². The summed E-state index contributed by atoms with van der Waals surface area (Å²) in [6.45, 7) is 4.42. The molecule has 0 spiro atoms. The smallest absolute Gasteiger partial charge is 0.236 e. The molecule has 7 nitrogen and oxygen atoms in total. The Morgan fingerprint density at radius 2 is 1.77 bits per heavy atom. The minimum Gasteiger partial charge on any atom is -0.497 e. The molecule has 1 N–H and O–H groups in total. The van der Waals surface area contributed by atoms with Crippen LogP contribution < -0.4 is 15.0 Å². The van der Waals surface area contributed by atoms with E-state index < -0.39 is 21.7 Å². The maximum atomic E-state index is 12.6. The van der Waals surface area contributed by atoms with Crippen molar-refractivity contribution in [2.24, 2.45) is 0 Å². The van der Waals surface area contributed by atoms with Gasteiger partial charge in [-0.3, -0.25) is 4.79 Å². The van der Waals surface area contributed by atoms with Gasteiger partial charge in [0.25, 0.3) is 0 Å². The molecule has 1 heterocycles. The number of nitrogens with one attached hydrogen (secondary N) is 1. The van der Waals surface area contributed by atoms with Crippen molar-refractivity contribution < 1.29 is 17.9 Å².